The maximum Gasteiger partial charge on any atom is 0.151 e. The Labute approximate surface area is 79.9 Å². The molecule has 0 amide bonds. The van der Waals surface area contributed by atoms with Crippen molar-refractivity contribution < 1.29 is 0 Å². The second kappa shape index (κ2) is 3.35. The third-order valence-electron chi connectivity index (χ3n) is 1.37. The van der Waals surface area contributed by atoms with Crippen molar-refractivity contribution in [1.29, 1.82) is 0 Å². The highest BCUT2D eigenvalue weighted by molar-refractivity contribution is 8.93. The van der Waals surface area contributed by atoms with Crippen LogP contribution in [-0.4, -0.2) is 4.98 Å². The molecule has 1 aromatic heterocycles. The average molecular weight is 235 g/mol. The van der Waals surface area contributed by atoms with Crippen LogP contribution >= 0.6 is 17.0 Å². The normalized spacial score (nSPS) is 9.00. The van der Waals surface area contributed by atoms with E-state index < -0.39 is 0 Å². The number of hydrogen-bond acceptors (Lipinski definition) is 6. The molecular weight excluding hydrogens is 224 g/mol. The number of rotatable bonds is 0. The summed E-state index contributed by atoms with van der Waals surface area (Å²) in [4.78, 5) is 3.66. The number of nitrogen functional groups attached to an aromatic ring is 5. The maximum absolute atomic E-state index is 5.43. The third-order valence-corrected chi connectivity index (χ3v) is 1.37. The molecule has 0 fully saturated rings. The van der Waals surface area contributed by atoms with Crippen molar-refractivity contribution in [3.8, 4) is 0 Å². The van der Waals surface area contributed by atoms with E-state index in [1.807, 2.05) is 0 Å². The van der Waals surface area contributed by atoms with Crippen molar-refractivity contribution in [2.75, 3.05) is 28.7 Å². The Morgan fingerprint density at radius 2 is 1.00 bits per heavy atom. The largest absolute Gasteiger partial charge is 0.395 e. The lowest BCUT2D eigenvalue weighted by molar-refractivity contribution is 1.35. The quantitative estimate of drug-likeness (QED) is 0.412. The molecule has 0 bridgehead atoms. The molecule has 1 aromatic rings. The lowest BCUT2D eigenvalue weighted by Crippen LogP contribution is -2.09. The van der Waals surface area contributed by atoms with Crippen molar-refractivity contribution in [2.45, 2.75) is 0 Å². The van der Waals surface area contributed by atoms with Crippen LogP contribution < -0.4 is 28.7 Å². The molecule has 0 radical (unpaired) electrons. The van der Waals surface area contributed by atoms with E-state index in [4.69, 9.17) is 28.7 Å². The Balaban J connectivity index is 0.00000121. The third kappa shape index (κ3) is 1.45. The molecule has 0 saturated heterocycles. The topological polar surface area (TPSA) is 143 Å². The summed E-state index contributed by atoms with van der Waals surface area (Å²) >= 11 is 0. The minimum atomic E-state index is 0. The number of anilines is 5. The lowest BCUT2D eigenvalue weighted by atomic mass is 10.3. The van der Waals surface area contributed by atoms with Crippen molar-refractivity contribution in [2.24, 2.45) is 0 Å². The number of aromatic nitrogens is 1. The van der Waals surface area contributed by atoms with Gasteiger partial charge in [-0.25, -0.2) is 4.98 Å². The van der Waals surface area contributed by atoms with Gasteiger partial charge < -0.3 is 28.7 Å². The van der Waals surface area contributed by atoms with Crippen LogP contribution in [0.15, 0.2) is 0 Å². The predicted octanol–water partition coefficient (Wildman–Crippen LogP) is -0.430. The minimum Gasteiger partial charge on any atom is -0.395 e. The smallest absolute Gasteiger partial charge is 0.151 e. The van der Waals surface area contributed by atoms with Gasteiger partial charge in [-0.2, -0.15) is 0 Å². The zero-order valence-corrected chi connectivity index (χ0v) is 7.96. The van der Waals surface area contributed by atoms with Crippen LogP contribution in [0.1, 0.15) is 0 Å². The van der Waals surface area contributed by atoms with Crippen molar-refractivity contribution >= 4 is 45.7 Å². The molecule has 0 aromatic carbocycles. The highest BCUT2D eigenvalue weighted by atomic mass is 79.9. The molecule has 6 nitrogen and oxygen atoms in total. The number of halogens is 1. The van der Waals surface area contributed by atoms with Crippen molar-refractivity contribution in [1.82, 2.24) is 4.98 Å². The first-order chi connectivity index (χ1) is 5.04. The van der Waals surface area contributed by atoms with Gasteiger partial charge in [-0.15, -0.1) is 17.0 Å². The Morgan fingerprint density at radius 3 is 1.33 bits per heavy atom. The van der Waals surface area contributed by atoms with Crippen LogP contribution in [0.5, 0.6) is 0 Å². The fraction of sp³-hybridized carbons (Fsp3) is 0. The molecule has 1 rings (SSSR count). The summed E-state index contributed by atoms with van der Waals surface area (Å²) in [7, 11) is 0. The summed E-state index contributed by atoms with van der Waals surface area (Å²) in [5.41, 5.74) is 27.5. The SMILES string of the molecule is Br.Nc1nc(N)c(N)c(N)c1N. The Bertz CT molecular complexity index is 272. The van der Waals surface area contributed by atoms with E-state index in [1.165, 1.54) is 0 Å². The van der Waals surface area contributed by atoms with Crippen LogP contribution in [0.4, 0.5) is 28.7 Å². The van der Waals surface area contributed by atoms with Gasteiger partial charge in [-0.3, -0.25) is 0 Å². The summed E-state index contributed by atoms with van der Waals surface area (Å²) in [5.74, 6) is 0.211. The Kier molecular flexibility index (Phi) is 2.97. The number of nitrogens with zero attached hydrogens (tertiary/aromatic N) is 1. The molecule has 0 saturated carbocycles. The molecule has 0 spiro atoms. The zero-order chi connectivity index (χ0) is 8.59. The van der Waals surface area contributed by atoms with Crippen molar-refractivity contribution in [3.63, 3.8) is 0 Å². The standard InChI is InChI=1S/C5H10N6.BrH/c6-1-2(7)4(9)11-5(10)3(1)8;/h7-8H2,(H6,6,9,10,11);1H. The van der Waals surface area contributed by atoms with E-state index in [0.29, 0.717) is 0 Å². The average Bonchev–Trinajstić information content (AvgIpc) is 1.97. The fourth-order valence-corrected chi connectivity index (χ4v) is 0.671. The van der Waals surface area contributed by atoms with Gasteiger partial charge in [-0.1, -0.05) is 0 Å². The predicted molar refractivity (Wildman–Crippen MR) is 56.6 cm³/mol. The van der Waals surface area contributed by atoms with E-state index in [-0.39, 0.29) is 45.7 Å². The van der Waals surface area contributed by atoms with Crippen LogP contribution in [-0.2, 0) is 0 Å². The van der Waals surface area contributed by atoms with E-state index in [1.54, 1.807) is 0 Å². The van der Waals surface area contributed by atoms with Crippen LogP contribution in [0.3, 0.4) is 0 Å². The van der Waals surface area contributed by atoms with E-state index in [2.05, 4.69) is 4.98 Å². The lowest BCUT2D eigenvalue weighted by Gasteiger charge is -2.07. The Hall–Kier alpha value is -1.37. The van der Waals surface area contributed by atoms with E-state index in [9.17, 15) is 0 Å². The van der Waals surface area contributed by atoms with Crippen LogP contribution in [0, 0.1) is 0 Å². The van der Waals surface area contributed by atoms with Gasteiger partial charge >= 0.3 is 0 Å². The first-order valence-corrected chi connectivity index (χ1v) is 2.89. The second-order valence-corrected chi connectivity index (χ2v) is 2.12. The first kappa shape index (κ1) is 10.6. The molecule has 68 valence electrons. The zero-order valence-electron chi connectivity index (χ0n) is 6.24. The molecule has 7 heteroatoms. The molecule has 0 unspecified atom stereocenters. The van der Waals surface area contributed by atoms with Crippen LogP contribution in [0.25, 0.3) is 0 Å². The van der Waals surface area contributed by atoms with E-state index in [0.717, 1.165) is 0 Å². The number of pyridine rings is 1. The fourth-order valence-electron chi connectivity index (χ4n) is 0.671. The van der Waals surface area contributed by atoms with Gasteiger partial charge in [0.05, 0.1) is 17.1 Å². The molecule has 0 aliphatic heterocycles. The van der Waals surface area contributed by atoms with Crippen molar-refractivity contribution in [3.05, 3.63) is 0 Å². The number of hydrogen-bond donors (Lipinski definition) is 5. The van der Waals surface area contributed by atoms with E-state index >= 15 is 0 Å². The highest BCUT2D eigenvalue weighted by Crippen LogP contribution is 2.30. The van der Waals surface area contributed by atoms with Gasteiger partial charge in [0.1, 0.15) is 0 Å². The second-order valence-electron chi connectivity index (χ2n) is 2.12. The number of nitrogens with two attached hydrogens (primary N) is 5. The molecule has 10 N–H and O–H groups in total. The summed E-state index contributed by atoms with van der Waals surface area (Å²) in [6.07, 6.45) is 0. The molecule has 0 aliphatic rings. The van der Waals surface area contributed by atoms with Gasteiger partial charge in [0.2, 0.25) is 0 Å². The summed E-state index contributed by atoms with van der Waals surface area (Å²) < 4.78 is 0. The van der Waals surface area contributed by atoms with Gasteiger partial charge in [0.15, 0.2) is 11.6 Å². The molecule has 0 aliphatic carbocycles. The highest BCUT2D eigenvalue weighted by Gasteiger charge is 2.08. The van der Waals surface area contributed by atoms with Gasteiger partial charge in [0.25, 0.3) is 0 Å². The monoisotopic (exact) mass is 234 g/mol. The summed E-state index contributed by atoms with van der Waals surface area (Å²) in [5, 5.41) is 0. The molecule has 1 heterocycles. The minimum absolute atomic E-state index is 0. The molecule has 12 heavy (non-hydrogen) atoms. The molecule has 0 atom stereocenters. The molecular formula is C5H11BrN6. The first-order valence-electron chi connectivity index (χ1n) is 2.89. The van der Waals surface area contributed by atoms with Gasteiger partial charge in [0, 0.05) is 0 Å². The Morgan fingerprint density at radius 1 is 0.667 bits per heavy atom. The summed E-state index contributed by atoms with van der Waals surface area (Å²) in [6.45, 7) is 0. The summed E-state index contributed by atoms with van der Waals surface area (Å²) in [6, 6.07) is 0. The maximum atomic E-state index is 5.43. The van der Waals surface area contributed by atoms with Crippen LogP contribution in [0.2, 0.25) is 0 Å². The van der Waals surface area contributed by atoms with Gasteiger partial charge in [-0.05, 0) is 0 Å².